The van der Waals surface area contributed by atoms with Crippen LogP contribution in [0.5, 0.6) is 0 Å². The average molecular weight is 317 g/mol. The summed E-state index contributed by atoms with van der Waals surface area (Å²) < 4.78 is 5.22. The molecule has 0 saturated carbocycles. The zero-order chi connectivity index (χ0) is 15.8. The van der Waals surface area contributed by atoms with E-state index in [9.17, 15) is 4.79 Å². The zero-order valence-electron chi connectivity index (χ0n) is 14.5. The van der Waals surface area contributed by atoms with E-state index in [4.69, 9.17) is 4.74 Å². The van der Waals surface area contributed by atoms with Crippen LogP contribution in [0.15, 0.2) is 0 Å². The molecular formula is C18H36O2S. The van der Waals surface area contributed by atoms with Gasteiger partial charge in [0.25, 0.3) is 0 Å². The van der Waals surface area contributed by atoms with Crippen LogP contribution in [0, 0.1) is 0 Å². The quantitative estimate of drug-likeness (QED) is 0.274. The van der Waals surface area contributed by atoms with Crippen molar-refractivity contribution in [2.45, 2.75) is 96.7 Å². The minimum Gasteiger partial charge on any atom is -0.466 e. The Bertz CT molecular complexity index is 231. The summed E-state index contributed by atoms with van der Waals surface area (Å²) in [6, 6.07) is 0. The summed E-state index contributed by atoms with van der Waals surface area (Å²) in [4.78, 5) is 11.2. The van der Waals surface area contributed by atoms with Crippen molar-refractivity contribution in [3.05, 3.63) is 0 Å². The molecule has 0 fully saturated rings. The van der Waals surface area contributed by atoms with Crippen LogP contribution < -0.4 is 0 Å². The Labute approximate surface area is 136 Å². The summed E-state index contributed by atoms with van der Waals surface area (Å²) in [7, 11) is 0. The second-order valence-electron chi connectivity index (χ2n) is 5.77. The average Bonchev–Trinajstić information content (AvgIpc) is 2.50. The molecule has 21 heavy (non-hydrogen) atoms. The maximum Gasteiger partial charge on any atom is 0.305 e. The first-order valence-corrected chi connectivity index (χ1v) is 10.1. The topological polar surface area (TPSA) is 26.3 Å². The van der Waals surface area contributed by atoms with Gasteiger partial charge in [-0.15, -0.1) is 0 Å². The summed E-state index contributed by atoms with van der Waals surface area (Å²) in [6.07, 6.45) is 13.5. The van der Waals surface area contributed by atoms with Crippen molar-refractivity contribution in [2.75, 3.05) is 12.4 Å². The molecule has 0 N–H and O–H groups in total. The lowest BCUT2D eigenvalue weighted by Gasteiger charge is -2.16. The summed E-state index contributed by atoms with van der Waals surface area (Å²) >= 11 is 2.09. The first kappa shape index (κ1) is 20.8. The van der Waals surface area contributed by atoms with E-state index in [1.54, 1.807) is 0 Å². The largest absolute Gasteiger partial charge is 0.466 e. The SMILES string of the molecule is CCCCCCCCSC(CCCC)CCOC(=O)CC. The summed E-state index contributed by atoms with van der Waals surface area (Å²) in [6.45, 7) is 6.96. The summed E-state index contributed by atoms with van der Waals surface area (Å²) in [5, 5.41) is 0.672. The van der Waals surface area contributed by atoms with Crippen LogP contribution in [0.4, 0.5) is 0 Å². The number of carbonyl (C=O) groups excluding carboxylic acids is 1. The van der Waals surface area contributed by atoms with Crippen LogP contribution in [0.25, 0.3) is 0 Å². The fraction of sp³-hybridized carbons (Fsp3) is 0.944. The van der Waals surface area contributed by atoms with Crippen LogP contribution in [0.1, 0.15) is 91.4 Å². The highest BCUT2D eigenvalue weighted by molar-refractivity contribution is 7.99. The number of hydrogen-bond acceptors (Lipinski definition) is 3. The molecule has 1 unspecified atom stereocenters. The van der Waals surface area contributed by atoms with Crippen LogP contribution in [0.3, 0.4) is 0 Å². The van der Waals surface area contributed by atoms with Crippen molar-refractivity contribution in [1.82, 2.24) is 0 Å². The van der Waals surface area contributed by atoms with Gasteiger partial charge in [-0.25, -0.2) is 0 Å². The monoisotopic (exact) mass is 316 g/mol. The number of unbranched alkanes of at least 4 members (excludes halogenated alkanes) is 6. The van der Waals surface area contributed by atoms with Gasteiger partial charge in [0.05, 0.1) is 6.61 Å². The van der Waals surface area contributed by atoms with E-state index in [1.165, 1.54) is 63.5 Å². The van der Waals surface area contributed by atoms with Crippen molar-refractivity contribution in [3.8, 4) is 0 Å². The van der Waals surface area contributed by atoms with E-state index in [0.29, 0.717) is 18.3 Å². The molecular weight excluding hydrogens is 280 g/mol. The molecule has 0 spiro atoms. The lowest BCUT2D eigenvalue weighted by atomic mass is 10.1. The second kappa shape index (κ2) is 16.2. The maximum atomic E-state index is 11.2. The highest BCUT2D eigenvalue weighted by Crippen LogP contribution is 2.22. The number of esters is 1. The van der Waals surface area contributed by atoms with Gasteiger partial charge in [-0.3, -0.25) is 4.79 Å². The molecule has 0 amide bonds. The molecule has 126 valence electrons. The smallest absolute Gasteiger partial charge is 0.305 e. The standard InChI is InChI=1S/C18H36O2S/c1-4-7-9-10-11-12-16-21-17(13-8-5-2)14-15-20-18(19)6-3/h17H,4-16H2,1-3H3. The van der Waals surface area contributed by atoms with Crippen molar-refractivity contribution in [2.24, 2.45) is 0 Å². The third-order valence-electron chi connectivity index (χ3n) is 3.72. The van der Waals surface area contributed by atoms with Gasteiger partial charge in [0.1, 0.15) is 0 Å². The summed E-state index contributed by atoms with van der Waals surface area (Å²) in [5.74, 6) is 1.20. The van der Waals surface area contributed by atoms with E-state index in [2.05, 4.69) is 25.6 Å². The normalized spacial score (nSPS) is 12.3. The highest BCUT2D eigenvalue weighted by Gasteiger charge is 2.10. The van der Waals surface area contributed by atoms with E-state index in [-0.39, 0.29) is 5.97 Å². The third-order valence-corrected chi connectivity index (χ3v) is 5.19. The van der Waals surface area contributed by atoms with Crippen LogP contribution >= 0.6 is 11.8 Å². The second-order valence-corrected chi connectivity index (χ2v) is 7.17. The molecule has 0 saturated heterocycles. The molecule has 0 rings (SSSR count). The minimum absolute atomic E-state index is 0.0647. The van der Waals surface area contributed by atoms with Gasteiger partial charge in [-0.2, -0.15) is 11.8 Å². The van der Waals surface area contributed by atoms with Crippen molar-refractivity contribution in [1.29, 1.82) is 0 Å². The molecule has 0 aromatic heterocycles. The molecule has 0 heterocycles. The fourth-order valence-corrected chi connectivity index (χ4v) is 3.58. The fourth-order valence-electron chi connectivity index (χ4n) is 2.28. The Balaban J connectivity index is 3.67. The third kappa shape index (κ3) is 14.5. The van der Waals surface area contributed by atoms with E-state index < -0.39 is 0 Å². The molecule has 0 aliphatic carbocycles. The Morgan fingerprint density at radius 2 is 1.57 bits per heavy atom. The molecule has 3 heteroatoms. The maximum absolute atomic E-state index is 11.2. The van der Waals surface area contributed by atoms with Crippen molar-refractivity contribution < 1.29 is 9.53 Å². The van der Waals surface area contributed by atoms with Crippen LogP contribution in [-0.4, -0.2) is 23.6 Å². The molecule has 2 nitrogen and oxygen atoms in total. The zero-order valence-corrected chi connectivity index (χ0v) is 15.3. The molecule has 0 aromatic carbocycles. The van der Waals surface area contributed by atoms with Crippen LogP contribution in [0.2, 0.25) is 0 Å². The number of carbonyl (C=O) groups is 1. The lowest BCUT2D eigenvalue weighted by Crippen LogP contribution is -2.11. The van der Waals surface area contributed by atoms with Gasteiger partial charge in [0, 0.05) is 11.7 Å². The number of ether oxygens (including phenoxy) is 1. The van der Waals surface area contributed by atoms with E-state index in [0.717, 1.165) is 6.42 Å². The minimum atomic E-state index is -0.0647. The molecule has 0 aliphatic heterocycles. The Hall–Kier alpha value is -0.180. The van der Waals surface area contributed by atoms with Crippen molar-refractivity contribution in [3.63, 3.8) is 0 Å². The van der Waals surface area contributed by atoms with E-state index >= 15 is 0 Å². The number of hydrogen-bond donors (Lipinski definition) is 0. The lowest BCUT2D eigenvalue weighted by molar-refractivity contribution is -0.143. The Morgan fingerprint density at radius 1 is 0.905 bits per heavy atom. The van der Waals surface area contributed by atoms with Gasteiger partial charge >= 0.3 is 5.97 Å². The molecule has 0 bridgehead atoms. The predicted molar refractivity (Wildman–Crippen MR) is 95.0 cm³/mol. The van der Waals surface area contributed by atoms with Crippen molar-refractivity contribution >= 4 is 17.7 Å². The Kier molecular flexibility index (Phi) is 16.1. The molecule has 0 aliphatic rings. The van der Waals surface area contributed by atoms with Gasteiger partial charge in [-0.05, 0) is 25.0 Å². The Morgan fingerprint density at radius 3 is 2.24 bits per heavy atom. The van der Waals surface area contributed by atoms with Gasteiger partial charge in [0.15, 0.2) is 0 Å². The van der Waals surface area contributed by atoms with Gasteiger partial charge < -0.3 is 4.74 Å². The molecule has 0 radical (unpaired) electrons. The highest BCUT2D eigenvalue weighted by atomic mass is 32.2. The van der Waals surface area contributed by atoms with Crippen LogP contribution in [-0.2, 0) is 9.53 Å². The van der Waals surface area contributed by atoms with Gasteiger partial charge in [0.2, 0.25) is 0 Å². The molecule has 1 atom stereocenters. The first-order chi connectivity index (χ1) is 10.2. The number of rotatable bonds is 15. The summed E-state index contributed by atoms with van der Waals surface area (Å²) in [5.41, 5.74) is 0. The van der Waals surface area contributed by atoms with Gasteiger partial charge in [-0.1, -0.05) is 65.7 Å². The predicted octanol–water partition coefficient (Wildman–Crippen LogP) is 5.98. The molecule has 0 aromatic rings. The number of thioether (sulfide) groups is 1. The first-order valence-electron chi connectivity index (χ1n) is 9.01. The van der Waals surface area contributed by atoms with E-state index in [1.807, 2.05) is 6.92 Å².